The predicted molar refractivity (Wildman–Crippen MR) is 252 cm³/mol. The molecule has 8 unspecified atom stereocenters. The predicted octanol–water partition coefficient (Wildman–Crippen LogP) is -6.86. The van der Waals surface area contributed by atoms with E-state index in [-0.39, 0.29) is 69.3 Å². The molecule has 0 aromatic carbocycles. The summed E-state index contributed by atoms with van der Waals surface area (Å²) in [4.78, 5) is 159. The van der Waals surface area contributed by atoms with Crippen LogP contribution < -0.4 is 71.6 Å². The number of nitrogens with zero attached hydrogens (tertiary/aromatic N) is 2. The Kier molecular flexibility index (Phi) is 30.3. The number of nitrogens with two attached hydrogens (primary N) is 6. The number of hydrogen-bond donors (Lipinski definition) is 17. The number of carbonyl (C=O) groups is 12. The van der Waals surface area contributed by atoms with Gasteiger partial charge in [0.15, 0.2) is 11.9 Å². The highest BCUT2D eigenvalue weighted by atomic mass is 32.2. The van der Waals surface area contributed by atoms with E-state index < -0.39 is 158 Å². The van der Waals surface area contributed by atoms with Gasteiger partial charge in [-0.3, -0.25) is 62.7 Å². The van der Waals surface area contributed by atoms with Crippen molar-refractivity contribution >= 4 is 94.8 Å². The van der Waals surface area contributed by atoms with Crippen LogP contribution >= 0.6 is 11.8 Å². The molecule has 0 saturated heterocycles. The Bertz CT molecular complexity index is 1950. The van der Waals surface area contributed by atoms with Gasteiger partial charge in [-0.25, -0.2) is 4.79 Å². The first kappa shape index (κ1) is 63.5. The lowest BCUT2D eigenvalue weighted by Crippen LogP contribution is -2.60. The first-order valence-electron chi connectivity index (χ1n) is 21.8. The summed E-state index contributed by atoms with van der Waals surface area (Å²) in [5.41, 5.74) is 32.8. The lowest BCUT2D eigenvalue weighted by atomic mass is 10.0. The molecule has 0 saturated carbocycles. The smallest absolute Gasteiger partial charge is 0.326 e. The molecule has 71 heavy (non-hydrogen) atoms. The van der Waals surface area contributed by atoms with E-state index >= 15 is 0 Å². The Morgan fingerprint density at radius 1 is 0.465 bits per heavy atom. The molecule has 0 aliphatic heterocycles. The molecule has 0 aliphatic carbocycles. The molecule has 0 aromatic rings. The molecular formula is C39H67N15O16S. The van der Waals surface area contributed by atoms with Gasteiger partial charge in [0.1, 0.15) is 42.3 Å². The summed E-state index contributed by atoms with van der Waals surface area (Å²) in [5, 5.41) is 53.0. The van der Waals surface area contributed by atoms with Crippen LogP contribution in [-0.2, 0) is 57.5 Å². The third kappa shape index (κ3) is 28.6. The zero-order valence-corrected chi connectivity index (χ0v) is 40.0. The molecule has 0 rings (SSSR count). The topological polar surface area (TPSA) is 551 Å². The van der Waals surface area contributed by atoms with E-state index in [9.17, 15) is 67.7 Å². The monoisotopic (exact) mass is 1030 g/mol. The summed E-state index contributed by atoms with van der Waals surface area (Å²) in [6.07, 6.45) is -2.71. The van der Waals surface area contributed by atoms with Gasteiger partial charge in [-0.05, 0) is 70.3 Å². The van der Waals surface area contributed by atoms with Crippen molar-refractivity contribution in [2.75, 3.05) is 25.1 Å². The largest absolute Gasteiger partial charge is 0.481 e. The minimum Gasteiger partial charge on any atom is -0.481 e. The molecule has 0 spiro atoms. The van der Waals surface area contributed by atoms with Crippen LogP contribution in [0.1, 0.15) is 84.0 Å². The van der Waals surface area contributed by atoms with Gasteiger partial charge in [-0.15, -0.1) is 0 Å². The summed E-state index contributed by atoms with van der Waals surface area (Å²) >= 11 is 1.25. The summed E-state index contributed by atoms with van der Waals surface area (Å²) in [6.45, 7) is 1.03. The van der Waals surface area contributed by atoms with Crippen molar-refractivity contribution in [2.45, 2.75) is 132 Å². The summed E-state index contributed by atoms with van der Waals surface area (Å²) in [7, 11) is 0. The number of thioether (sulfide) groups is 1. The van der Waals surface area contributed by atoms with E-state index in [1.807, 2.05) is 5.32 Å². The van der Waals surface area contributed by atoms with Gasteiger partial charge in [0.2, 0.25) is 47.3 Å². The van der Waals surface area contributed by atoms with Gasteiger partial charge in [-0.2, -0.15) is 11.8 Å². The van der Waals surface area contributed by atoms with Crippen LogP contribution in [0.25, 0.3) is 0 Å². The number of amides is 8. The first-order valence-corrected chi connectivity index (χ1v) is 23.2. The third-order valence-electron chi connectivity index (χ3n) is 9.74. The van der Waals surface area contributed by atoms with Gasteiger partial charge in [0, 0.05) is 32.4 Å². The normalized spacial score (nSPS) is 14.1. The molecule has 32 heteroatoms. The van der Waals surface area contributed by atoms with Crippen LogP contribution in [0.5, 0.6) is 0 Å². The molecule has 0 fully saturated rings. The maximum absolute atomic E-state index is 14.1. The minimum atomic E-state index is -1.86. The Balaban J connectivity index is 6.81. The number of aliphatic imine (C=N–C) groups is 2. The van der Waals surface area contributed by atoms with E-state index in [0.717, 1.165) is 6.92 Å². The zero-order chi connectivity index (χ0) is 54.4. The standard InChI is InChI=1S/C39H67N15O16S/c1-18(30(62)54-25(37(69)70)17-29(60)61)48-32(64)20(5-3-14-46-38(42)43)50-33(65)21(6-4-15-47-39(44)45)51-34(66)22(8-10-26(41)55)52-36(68)24(13-16-71-2)53-35(67)23(9-12-28(58)59)49-31(63)19(40)7-11-27(56)57/h18-25H,3-17,40H2,1-2H3,(H2,41,55)(H,48,64)(H,49,63)(H,50,65)(H,51,66)(H,52,68)(H,53,67)(H,54,62)(H,56,57)(H,58,59)(H,60,61)(H,69,70)(H4,42,43,46)(H4,44,45,47). The second kappa shape index (κ2) is 33.9. The Labute approximate surface area is 411 Å². The van der Waals surface area contributed by atoms with Crippen LogP contribution in [0.4, 0.5) is 0 Å². The minimum absolute atomic E-state index is 0.0149. The molecule has 0 radical (unpaired) electrons. The fraction of sp³-hybridized carbons (Fsp3) is 0.641. The van der Waals surface area contributed by atoms with E-state index in [4.69, 9.17) is 44.6 Å². The highest BCUT2D eigenvalue weighted by Crippen LogP contribution is 2.10. The van der Waals surface area contributed by atoms with E-state index in [2.05, 4.69) is 41.9 Å². The molecule has 0 aliphatic rings. The lowest BCUT2D eigenvalue weighted by molar-refractivity contribution is -0.147. The second-order valence-corrected chi connectivity index (χ2v) is 16.7. The number of rotatable bonds is 37. The molecule has 31 nitrogen and oxygen atoms in total. The number of carboxylic acid groups (broad SMARTS) is 4. The fourth-order valence-electron chi connectivity index (χ4n) is 5.97. The van der Waals surface area contributed by atoms with Crippen molar-refractivity contribution in [1.29, 1.82) is 0 Å². The number of nitrogens with one attached hydrogen (secondary N) is 7. The van der Waals surface area contributed by atoms with Gasteiger partial charge in [0.05, 0.1) is 12.5 Å². The second-order valence-electron chi connectivity index (χ2n) is 15.7. The van der Waals surface area contributed by atoms with Crippen molar-refractivity contribution in [3.05, 3.63) is 0 Å². The lowest BCUT2D eigenvalue weighted by Gasteiger charge is -2.27. The van der Waals surface area contributed by atoms with E-state index in [1.54, 1.807) is 6.26 Å². The Hall–Kier alpha value is -7.51. The van der Waals surface area contributed by atoms with Crippen LogP contribution in [-0.4, -0.2) is 177 Å². The Morgan fingerprint density at radius 2 is 0.831 bits per heavy atom. The molecule has 8 amide bonds. The molecule has 23 N–H and O–H groups in total. The third-order valence-corrected chi connectivity index (χ3v) is 10.4. The molecule has 0 bridgehead atoms. The van der Waals surface area contributed by atoms with Gasteiger partial charge in [-0.1, -0.05) is 0 Å². The number of primary amides is 1. The van der Waals surface area contributed by atoms with E-state index in [1.165, 1.54) is 11.8 Å². The van der Waals surface area contributed by atoms with Crippen LogP contribution in [0.15, 0.2) is 9.98 Å². The summed E-state index contributed by atoms with van der Waals surface area (Å²) < 4.78 is 0. The molecule has 8 atom stereocenters. The van der Waals surface area contributed by atoms with Gasteiger partial charge < -0.3 is 92.0 Å². The summed E-state index contributed by atoms with van der Waals surface area (Å²) in [6, 6.07) is -12.5. The first-order chi connectivity index (χ1) is 33.2. The van der Waals surface area contributed by atoms with Crippen molar-refractivity contribution < 1.29 is 78.0 Å². The number of guanidine groups is 2. The van der Waals surface area contributed by atoms with Crippen molar-refractivity contribution in [2.24, 2.45) is 44.4 Å². The zero-order valence-electron chi connectivity index (χ0n) is 39.2. The number of hydrogen-bond acceptors (Lipinski definition) is 16. The SMILES string of the molecule is CSCCC(NC(=O)C(CCC(=O)O)NC(=O)C(N)CCC(=O)O)C(=O)NC(CCC(N)=O)C(=O)NC(CCCN=C(N)N)C(=O)NC(CCCN=C(N)N)C(=O)NC(C)C(=O)NC(CC(=O)O)C(=O)O. The molecule has 0 heterocycles. The molecule has 400 valence electrons. The maximum atomic E-state index is 14.1. The van der Waals surface area contributed by atoms with Crippen LogP contribution in [0.3, 0.4) is 0 Å². The van der Waals surface area contributed by atoms with E-state index in [0.29, 0.717) is 0 Å². The fourth-order valence-corrected chi connectivity index (χ4v) is 6.44. The van der Waals surface area contributed by atoms with Crippen molar-refractivity contribution in [3.63, 3.8) is 0 Å². The molecular weight excluding hydrogens is 967 g/mol. The highest BCUT2D eigenvalue weighted by Gasteiger charge is 2.34. The molecule has 0 aromatic heterocycles. The van der Waals surface area contributed by atoms with Gasteiger partial charge >= 0.3 is 23.9 Å². The number of aliphatic carboxylic acids is 4. The average molecular weight is 1030 g/mol. The van der Waals surface area contributed by atoms with Crippen LogP contribution in [0.2, 0.25) is 0 Å². The Morgan fingerprint density at radius 3 is 1.21 bits per heavy atom. The number of carboxylic acids is 4. The highest BCUT2D eigenvalue weighted by molar-refractivity contribution is 7.98. The number of carbonyl (C=O) groups excluding carboxylic acids is 8. The van der Waals surface area contributed by atoms with Crippen LogP contribution in [0, 0.1) is 0 Å². The maximum Gasteiger partial charge on any atom is 0.326 e. The van der Waals surface area contributed by atoms with Crippen molar-refractivity contribution in [1.82, 2.24) is 37.2 Å². The average Bonchev–Trinajstić information content (AvgIpc) is 3.27. The van der Waals surface area contributed by atoms with Crippen molar-refractivity contribution in [3.8, 4) is 0 Å². The summed E-state index contributed by atoms with van der Waals surface area (Å²) in [5.74, 6) is -14.3. The quantitative estimate of drug-likeness (QED) is 0.0156. The van der Waals surface area contributed by atoms with Gasteiger partial charge in [0.25, 0.3) is 0 Å².